The van der Waals surface area contributed by atoms with Gasteiger partial charge in [0.05, 0.1) is 12.6 Å². The van der Waals surface area contributed by atoms with Gasteiger partial charge >= 0.3 is 0 Å². The molecule has 1 aromatic rings. The summed E-state index contributed by atoms with van der Waals surface area (Å²) in [6.07, 6.45) is 1.99. The van der Waals surface area contributed by atoms with E-state index < -0.39 is 0 Å². The Morgan fingerprint density at radius 3 is 2.68 bits per heavy atom. The number of aryl methyl sites for hydroxylation is 1. The van der Waals surface area contributed by atoms with Crippen molar-refractivity contribution < 1.29 is 14.7 Å². The number of benzene rings is 1. The molecule has 2 N–H and O–H groups in total. The van der Waals surface area contributed by atoms with Crippen molar-refractivity contribution in [2.45, 2.75) is 32.7 Å². The fourth-order valence-corrected chi connectivity index (χ4v) is 3.20. The summed E-state index contributed by atoms with van der Waals surface area (Å²) in [7, 11) is 1.65. The van der Waals surface area contributed by atoms with Gasteiger partial charge in [-0.3, -0.25) is 14.5 Å². The van der Waals surface area contributed by atoms with Crippen LogP contribution in [-0.4, -0.2) is 66.1 Å². The summed E-state index contributed by atoms with van der Waals surface area (Å²) in [6, 6.07) is 7.27. The molecule has 1 fully saturated rings. The fourth-order valence-electron chi connectivity index (χ4n) is 3.20. The molecule has 1 heterocycles. The van der Waals surface area contributed by atoms with E-state index in [0.717, 1.165) is 37.2 Å². The standard InChI is InChI=1S/C19H29N3O3/c1-14-6-8-17(9-7-14)20-18(24)12-21(3)19(25)15(2)22-10-4-5-16(11-22)13-23/h6-9,15-16,23H,4-5,10-13H2,1-3H3,(H,20,24)/t15-,16+/m0/s1. The molecule has 0 saturated carbocycles. The fraction of sp³-hybridized carbons (Fsp3) is 0.579. The number of likely N-dealkylation sites (N-methyl/N-ethyl adjacent to an activating group) is 1. The van der Waals surface area contributed by atoms with Crippen molar-refractivity contribution >= 4 is 17.5 Å². The van der Waals surface area contributed by atoms with E-state index in [1.54, 1.807) is 7.05 Å². The second kappa shape index (κ2) is 8.97. The van der Waals surface area contributed by atoms with Crippen molar-refractivity contribution in [1.82, 2.24) is 9.80 Å². The zero-order valence-corrected chi connectivity index (χ0v) is 15.4. The minimum absolute atomic E-state index is 0.0221. The molecule has 0 bridgehead atoms. The van der Waals surface area contributed by atoms with Crippen LogP contribution in [0.2, 0.25) is 0 Å². The maximum Gasteiger partial charge on any atom is 0.243 e. The lowest BCUT2D eigenvalue weighted by Gasteiger charge is -2.36. The average molecular weight is 347 g/mol. The number of piperidine rings is 1. The number of nitrogens with one attached hydrogen (secondary N) is 1. The number of hydrogen-bond acceptors (Lipinski definition) is 4. The second-order valence-corrected chi connectivity index (χ2v) is 6.97. The van der Waals surface area contributed by atoms with Crippen LogP contribution in [-0.2, 0) is 9.59 Å². The monoisotopic (exact) mass is 347 g/mol. The molecule has 0 unspecified atom stereocenters. The molecular formula is C19H29N3O3. The van der Waals surface area contributed by atoms with Gasteiger partial charge in [-0.15, -0.1) is 0 Å². The van der Waals surface area contributed by atoms with Crippen LogP contribution in [0.25, 0.3) is 0 Å². The van der Waals surface area contributed by atoms with Gasteiger partial charge in [0.1, 0.15) is 0 Å². The van der Waals surface area contributed by atoms with Gasteiger partial charge in [0.2, 0.25) is 11.8 Å². The number of likely N-dealkylation sites (tertiary alicyclic amines) is 1. The van der Waals surface area contributed by atoms with Crippen LogP contribution >= 0.6 is 0 Å². The average Bonchev–Trinajstić information content (AvgIpc) is 2.62. The van der Waals surface area contributed by atoms with Gasteiger partial charge in [-0.25, -0.2) is 0 Å². The highest BCUT2D eigenvalue weighted by atomic mass is 16.3. The maximum atomic E-state index is 12.6. The lowest BCUT2D eigenvalue weighted by molar-refractivity contribution is -0.138. The summed E-state index contributed by atoms with van der Waals surface area (Å²) in [5, 5.41) is 12.1. The smallest absolute Gasteiger partial charge is 0.243 e. The highest BCUT2D eigenvalue weighted by molar-refractivity contribution is 5.95. The third-order valence-corrected chi connectivity index (χ3v) is 4.81. The Morgan fingerprint density at radius 1 is 1.36 bits per heavy atom. The van der Waals surface area contributed by atoms with Crippen molar-refractivity contribution in [3.05, 3.63) is 29.8 Å². The molecule has 1 aliphatic heterocycles. The van der Waals surface area contributed by atoms with Gasteiger partial charge in [0.25, 0.3) is 0 Å². The molecule has 2 amide bonds. The first kappa shape index (κ1) is 19.4. The van der Waals surface area contributed by atoms with Crippen LogP contribution in [0, 0.1) is 12.8 Å². The van der Waals surface area contributed by atoms with Crippen LogP contribution in [0.3, 0.4) is 0 Å². The summed E-state index contributed by atoms with van der Waals surface area (Å²) in [4.78, 5) is 28.3. The van der Waals surface area contributed by atoms with Gasteiger partial charge in [0.15, 0.2) is 0 Å². The predicted octanol–water partition coefficient (Wildman–Crippen LogP) is 1.48. The predicted molar refractivity (Wildman–Crippen MR) is 98.3 cm³/mol. The molecular weight excluding hydrogens is 318 g/mol. The Labute approximate surface area is 149 Å². The molecule has 0 aliphatic carbocycles. The first-order chi connectivity index (χ1) is 11.9. The van der Waals surface area contributed by atoms with Crippen molar-refractivity contribution in [3.63, 3.8) is 0 Å². The lowest BCUT2D eigenvalue weighted by atomic mass is 9.97. The van der Waals surface area contributed by atoms with E-state index in [-0.39, 0.29) is 36.9 Å². The van der Waals surface area contributed by atoms with E-state index in [2.05, 4.69) is 10.2 Å². The lowest BCUT2D eigenvalue weighted by Crippen LogP contribution is -2.51. The topological polar surface area (TPSA) is 72.9 Å². The highest BCUT2D eigenvalue weighted by Gasteiger charge is 2.29. The third-order valence-electron chi connectivity index (χ3n) is 4.81. The molecule has 138 valence electrons. The van der Waals surface area contributed by atoms with Crippen LogP contribution in [0.15, 0.2) is 24.3 Å². The van der Waals surface area contributed by atoms with E-state index in [0.29, 0.717) is 0 Å². The number of carbonyl (C=O) groups excluding carboxylic acids is 2. The Morgan fingerprint density at radius 2 is 2.04 bits per heavy atom. The molecule has 1 saturated heterocycles. The molecule has 1 aromatic carbocycles. The molecule has 6 heteroatoms. The van der Waals surface area contributed by atoms with Crippen LogP contribution in [0.5, 0.6) is 0 Å². The number of anilines is 1. The van der Waals surface area contributed by atoms with Crippen molar-refractivity contribution in [1.29, 1.82) is 0 Å². The summed E-state index contributed by atoms with van der Waals surface area (Å²) in [5.41, 5.74) is 1.85. The van der Waals surface area contributed by atoms with Crippen molar-refractivity contribution in [2.75, 3.05) is 38.6 Å². The molecule has 25 heavy (non-hydrogen) atoms. The Kier molecular flexibility index (Phi) is 6.96. The third kappa shape index (κ3) is 5.54. The van der Waals surface area contributed by atoms with Crippen LogP contribution < -0.4 is 5.32 Å². The molecule has 1 aliphatic rings. The van der Waals surface area contributed by atoms with E-state index in [4.69, 9.17) is 0 Å². The van der Waals surface area contributed by atoms with E-state index in [1.165, 1.54) is 4.90 Å². The maximum absolute atomic E-state index is 12.6. The number of hydrogen-bond donors (Lipinski definition) is 2. The zero-order valence-electron chi connectivity index (χ0n) is 15.4. The number of aliphatic hydroxyl groups excluding tert-OH is 1. The SMILES string of the molecule is Cc1ccc(NC(=O)CN(C)C(=O)[C@H](C)N2CCC[C@@H](CO)C2)cc1. The van der Waals surface area contributed by atoms with Gasteiger partial charge in [-0.2, -0.15) is 0 Å². The second-order valence-electron chi connectivity index (χ2n) is 6.97. The van der Waals surface area contributed by atoms with Gasteiger partial charge in [-0.05, 0) is 51.3 Å². The Bertz CT molecular complexity index is 588. The highest BCUT2D eigenvalue weighted by Crippen LogP contribution is 2.18. The number of carbonyl (C=O) groups is 2. The molecule has 2 atom stereocenters. The molecule has 2 rings (SSSR count). The zero-order chi connectivity index (χ0) is 18.4. The summed E-state index contributed by atoms with van der Waals surface area (Å²) in [5.74, 6) is -0.0458. The quantitative estimate of drug-likeness (QED) is 0.818. The van der Waals surface area contributed by atoms with Crippen LogP contribution in [0.1, 0.15) is 25.3 Å². The minimum Gasteiger partial charge on any atom is -0.396 e. The van der Waals surface area contributed by atoms with Gasteiger partial charge < -0.3 is 15.3 Å². The number of aliphatic hydroxyl groups is 1. The molecule has 0 aromatic heterocycles. The molecule has 0 radical (unpaired) electrons. The summed E-state index contributed by atoms with van der Waals surface area (Å²) in [6.45, 7) is 5.62. The first-order valence-corrected chi connectivity index (χ1v) is 8.87. The van der Waals surface area contributed by atoms with E-state index in [9.17, 15) is 14.7 Å². The first-order valence-electron chi connectivity index (χ1n) is 8.87. The molecule has 0 spiro atoms. The minimum atomic E-state index is -0.286. The van der Waals surface area contributed by atoms with Crippen molar-refractivity contribution in [3.8, 4) is 0 Å². The Balaban J connectivity index is 1.86. The van der Waals surface area contributed by atoms with E-state index in [1.807, 2.05) is 38.1 Å². The number of amides is 2. The Hall–Kier alpha value is -1.92. The van der Waals surface area contributed by atoms with Gasteiger partial charge in [0, 0.05) is 25.9 Å². The van der Waals surface area contributed by atoms with Crippen molar-refractivity contribution in [2.24, 2.45) is 5.92 Å². The van der Waals surface area contributed by atoms with E-state index >= 15 is 0 Å². The summed E-state index contributed by atoms with van der Waals surface area (Å²) >= 11 is 0. The van der Waals surface area contributed by atoms with Crippen LogP contribution in [0.4, 0.5) is 5.69 Å². The van der Waals surface area contributed by atoms with Gasteiger partial charge in [-0.1, -0.05) is 17.7 Å². The number of rotatable bonds is 6. The largest absolute Gasteiger partial charge is 0.396 e. The normalized spacial score (nSPS) is 19.3. The number of nitrogens with zero attached hydrogens (tertiary/aromatic N) is 2. The summed E-state index contributed by atoms with van der Waals surface area (Å²) < 4.78 is 0. The molecule has 6 nitrogen and oxygen atoms in total.